The van der Waals surface area contributed by atoms with Crippen LogP contribution < -0.4 is 10.5 Å². The fourth-order valence-electron chi connectivity index (χ4n) is 1.65. The van der Waals surface area contributed by atoms with Crippen LogP contribution in [-0.2, 0) is 0 Å². The molecule has 0 unspecified atom stereocenters. The number of rotatable bonds is 6. The summed E-state index contributed by atoms with van der Waals surface area (Å²) in [5, 5.41) is 0. The van der Waals surface area contributed by atoms with E-state index in [4.69, 9.17) is 10.5 Å². The van der Waals surface area contributed by atoms with Gasteiger partial charge in [-0.25, -0.2) is 0 Å². The lowest BCUT2D eigenvalue weighted by atomic mass is 10.1. The molecule has 0 saturated heterocycles. The molecule has 1 atom stereocenters. The molecule has 0 bridgehead atoms. The Balaban J connectivity index is 2.54. The summed E-state index contributed by atoms with van der Waals surface area (Å²) in [5.41, 5.74) is 8.17. The molecule has 0 heterocycles. The van der Waals surface area contributed by atoms with Gasteiger partial charge < -0.3 is 10.5 Å². The third kappa shape index (κ3) is 3.86. The zero-order valence-electron chi connectivity index (χ0n) is 10.6. The summed E-state index contributed by atoms with van der Waals surface area (Å²) < 4.78 is 5.73. The van der Waals surface area contributed by atoms with Crippen molar-refractivity contribution >= 4 is 0 Å². The van der Waals surface area contributed by atoms with Crippen molar-refractivity contribution in [3.05, 3.63) is 29.3 Å². The van der Waals surface area contributed by atoms with Crippen molar-refractivity contribution in [2.75, 3.05) is 6.61 Å². The molecule has 0 fully saturated rings. The molecular weight excluding hydrogens is 198 g/mol. The lowest BCUT2D eigenvalue weighted by Crippen LogP contribution is -2.06. The highest BCUT2D eigenvalue weighted by Crippen LogP contribution is 2.22. The van der Waals surface area contributed by atoms with Crippen LogP contribution in [0.15, 0.2) is 18.2 Å². The van der Waals surface area contributed by atoms with Crippen molar-refractivity contribution in [1.29, 1.82) is 0 Å². The van der Waals surface area contributed by atoms with Crippen molar-refractivity contribution in [3.8, 4) is 5.75 Å². The van der Waals surface area contributed by atoms with E-state index in [1.165, 1.54) is 24.0 Å². The van der Waals surface area contributed by atoms with E-state index in [1.54, 1.807) is 0 Å². The molecule has 1 aromatic carbocycles. The van der Waals surface area contributed by atoms with Gasteiger partial charge in [0.2, 0.25) is 0 Å². The molecular formula is C14H23NO. The van der Waals surface area contributed by atoms with Crippen LogP contribution in [0, 0.1) is 6.92 Å². The number of hydrogen-bond donors (Lipinski definition) is 1. The van der Waals surface area contributed by atoms with Crippen molar-refractivity contribution in [2.24, 2.45) is 5.73 Å². The molecule has 0 aromatic heterocycles. The first-order chi connectivity index (χ1) is 7.65. The molecule has 0 amide bonds. The van der Waals surface area contributed by atoms with Gasteiger partial charge in [-0.3, -0.25) is 0 Å². The first-order valence-corrected chi connectivity index (χ1v) is 6.14. The van der Waals surface area contributed by atoms with Crippen molar-refractivity contribution in [2.45, 2.75) is 46.1 Å². The minimum Gasteiger partial charge on any atom is -0.493 e. The van der Waals surface area contributed by atoms with Crippen LogP contribution in [0.3, 0.4) is 0 Å². The highest BCUT2D eigenvalue weighted by Gasteiger charge is 2.03. The van der Waals surface area contributed by atoms with E-state index in [1.807, 2.05) is 19.1 Å². The van der Waals surface area contributed by atoms with Gasteiger partial charge in [0.05, 0.1) is 6.61 Å². The Morgan fingerprint density at radius 1 is 1.31 bits per heavy atom. The van der Waals surface area contributed by atoms with Crippen LogP contribution in [0.4, 0.5) is 0 Å². The van der Waals surface area contributed by atoms with E-state index in [-0.39, 0.29) is 6.04 Å². The molecule has 2 heteroatoms. The van der Waals surface area contributed by atoms with Gasteiger partial charge in [0.25, 0.3) is 0 Å². The molecule has 0 aliphatic carbocycles. The predicted molar refractivity (Wildman–Crippen MR) is 68.8 cm³/mol. The van der Waals surface area contributed by atoms with Gasteiger partial charge in [-0.05, 0) is 37.5 Å². The quantitative estimate of drug-likeness (QED) is 0.745. The first-order valence-electron chi connectivity index (χ1n) is 6.14. The van der Waals surface area contributed by atoms with E-state index in [0.717, 1.165) is 18.8 Å². The molecule has 0 spiro atoms. The Bertz CT molecular complexity index is 321. The Labute approximate surface area is 98.8 Å². The van der Waals surface area contributed by atoms with E-state index >= 15 is 0 Å². The summed E-state index contributed by atoms with van der Waals surface area (Å²) in [4.78, 5) is 0. The zero-order chi connectivity index (χ0) is 12.0. The molecule has 0 radical (unpaired) electrons. The molecule has 2 N–H and O–H groups in total. The molecule has 90 valence electrons. The van der Waals surface area contributed by atoms with Crippen LogP contribution in [-0.4, -0.2) is 6.61 Å². The van der Waals surface area contributed by atoms with Crippen molar-refractivity contribution in [3.63, 3.8) is 0 Å². The molecule has 0 aliphatic rings. The van der Waals surface area contributed by atoms with E-state index in [2.05, 4.69) is 19.9 Å². The summed E-state index contributed by atoms with van der Waals surface area (Å²) in [5.74, 6) is 0.987. The van der Waals surface area contributed by atoms with Gasteiger partial charge in [-0.1, -0.05) is 31.9 Å². The van der Waals surface area contributed by atoms with Gasteiger partial charge in [0.15, 0.2) is 0 Å². The normalized spacial score (nSPS) is 12.5. The average Bonchev–Trinajstić information content (AvgIpc) is 2.26. The predicted octanol–water partition coefficient (Wildman–Crippen LogP) is 3.58. The molecule has 1 rings (SSSR count). The van der Waals surface area contributed by atoms with Crippen molar-refractivity contribution in [1.82, 2.24) is 0 Å². The maximum atomic E-state index is 5.83. The monoisotopic (exact) mass is 221 g/mol. The minimum absolute atomic E-state index is 0.0906. The largest absolute Gasteiger partial charge is 0.493 e. The summed E-state index contributed by atoms with van der Waals surface area (Å²) in [6.45, 7) is 7.08. The lowest BCUT2D eigenvalue weighted by Gasteiger charge is -2.12. The Morgan fingerprint density at radius 3 is 2.62 bits per heavy atom. The summed E-state index contributed by atoms with van der Waals surface area (Å²) >= 11 is 0. The van der Waals surface area contributed by atoms with Gasteiger partial charge in [0, 0.05) is 6.04 Å². The van der Waals surface area contributed by atoms with Crippen LogP contribution in [0.25, 0.3) is 0 Å². The smallest absolute Gasteiger partial charge is 0.122 e. The number of benzene rings is 1. The number of hydrogen-bond acceptors (Lipinski definition) is 2. The molecule has 0 saturated carbocycles. The Kier molecular flexibility index (Phi) is 5.33. The van der Waals surface area contributed by atoms with Crippen molar-refractivity contribution < 1.29 is 4.74 Å². The highest BCUT2D eigenvalue weighted by atomic mass is 16.5. The topological polar surface area (TPSA) is 35.2 Å². The Morgan fingerprint density at radius 2 is 2.06 bits per heavy atom. The third-order valence-corrected chi connectivity index (χ3v) is 2.73. The number of ether oxygens (including phenoxy) is 1. The summed E-state index contributed by atoms with van der Waals surface area (Å²) in [6, 6.07) is 6.28. The lowest BCUT2D eigenvalue weighted by molar-refractivity contribution is 0.304. The fourth-order valence-corrected chi connectivity index (χ4v) is 1.65. The second kappa shape index (κ2) is 6.54. The van der Waals surface area contributed by atoms with Gasteiger partial charge in [-0.2, -0.15) is 0 Å². The molecule has 1 aromatic rings. The standard InChI is InChI=1S/C14H23NO/c1-4-5-6-9-16-14-8-7-13(12(3)15)10-11(14)2/h7-8,10,12H,4-6,9,15H2,1-3H3/t12-/m1/s1. The van der Waals surface area contributed by atoms with Crippen LogP contribution >= 0.6 is 0 Å². The molecule has 0 aliphatic heterocycles. The van der Waals surface area contributed by atoms with Crippen LogP contribution in [0.1, 0.15) is 50.3 Å². The zero-order valence-corrected chi connectivity index (χ0v) is 10.6. The van der Waals surface area contributed by atoms with Crippen LogP contribution in [0.2, 0.25) is 0 Å². The molecule has 2 nitrogen and oxygen atoms in total. The molecule has 16 heavy (non-hydrogen) atoms. The second-order valence-corrected chi connectivity index (χ2v) is 4.37. The van der Waals surface area contributed by atoms with Gasteiger partial charge in [-0.15, -0.1) is 0 Å². The number of nitrogens with two attached hydrogens (primary N) is 1. The fraction of sp³-hybridized carbons (Fsp3) is 0.571. The van der Waals surface area contributed by atoms with Gasteiger partial charge >= 0.3 is 0 Å². The maximum Gasteiger partial charge on any atom is 0.122 e. The summed E-state index contributed by atoms with van der Waals surface area (Å²) in [7, 11) is 0. The number of unbranched alkanes of at least 4 members (excludes halogenated alkanes) is 2. The van der Waals surface area contributed by atoms with Gasteiger partial charge in [0.1, 0.15) is 5.75 Å². The van der Waals surface area contributed by atoms with E-state index in [9.17, 15) is 0 Å². The summed E-state index contributed by atoms with van der Waals surface area (Å²) in [6.07, 6.45) is 3.59. The highest BCUT2D eigenvalue weighted by molar-refractivity contribution is 5.37. The first kappa shape index (κ1) is 13.0. The number of aryl methyl sites for hydroxylation is 1. The second-order valence-electron chi connectivity index (χ2n) is 4.37. The Hall–Kier alpha value is -1.02. The third-order valence-electron chi connectivity index (χ3n) is 2.73. The average molecular weight is 221 g/mol. The maximum absolute atomic E-state index is 5.83. The van der Waals surface area contributed by atoms with E-state index < -0.39 is 0 Å². The SMILES string of the molecule is CCCCCOc1ccc([C@@H](C)N)cc1C. The minimum atomic E-state index is 0.0906. The van der Waals surface area contributed by atoms with E-state index in [0.29, 0.717) is 0 Å². The van der Waals surface area contributed by atoms with Crippen LogP contribution in [0.5, 0.6) is 5.75 Å².